The first-order valence-corrected chi connectivity index (χ1v) is 8.92. The molecule has 3 aromatic rings. The van der Waals surface area contributed by atoms with Crippen molar-refractivity contribution in [2.45, 2.75) is 0 Å². The van der Waals surface area contributed by atoms with Crippen LogP contribution in [-0.4, -0.2) is 18.0 Å². The summed E-state index contributed by atoms with van der Waals surface area (Å²) in [6, 6.07) is 8.17. The Labute approximate surface area is 148 Å². The lowest BCUT2D eigenvalue weighted by Gasteiger charge is -2.03. The van der Waals surface area contributed by atoms with Gasteiger partial charge in [-0.1, -0.05) is 0 Å². The van der Waals surface area contributed by atoms with Gasteiger partial charge in [0.05, 0.1) is 21.5 Å². The number of aromatic nitrogens is 1. The van der Waals surface area contributed by atoms with Gasteiger partial charge in [-0.25, -0.2) is 9.37 Å². The van der Waals surface area contributed by atoms with Crippen molar-refractivity contribution >= 4 is 49.6 Å². The fourth-order valence-electron chi connectivity index (χ4n) is 1.88. The number of amides is 1. The molecule has 2 aromatic heterocycles. The molecule has 0 unspecified atom stereocenters. The molecule has 23 heavy (non-hydrogen) atoms. The number of anilines is 1. The fourth-order valence-corrected chi connectivity index (χ4v) is 3.88. The van der Waals surface area contributed by atoms with Crippen LogP contribution in [0, 0.1) is 5.82 Å². The monoisotopic (exact) mass is 412 g/mol. The molecular formula is C15H10BrFN2O2S2. The van der Waals surface area contributed by atoms with Crippen molar-refractivity contribution in [3.05, 3.63) is 50.2 Å². The number of hydrogen-bond donors (Lipinski definition) is 1. The van der Waals surface area contributed by atoms with E-state index in [-0.39, 0.29) is 11.7 Å². The molecule has 3 rings (SSSR count). The molecule has 118 valence electrons. The first-order chi connectivity index (χ1) is 11.1. The maximum absolute atomic E-state index is 13.8. The number of nitrogens with one attached hydrogen (secondary N) is 1. The number of thiazole rings is 1. The zero-order valence-electron chi connectivity index (χ0n) is 11.8. The highest BCUT2D eigenvalue weighted by Gasteiger charge is 2.13. The maximum Gasteiger partial charge on any atom is 0.267 e. The Balaban J connectivity index is 1.78. The summed E-state index contributed by atoms with van der Waals surface area (Å²) in [5, 5.41) is 4.97. The Hall–Kier alpha value is -1.77. The van der Waals surface area contributed by atoms with Crippen molar-refractivity contribution in [3.8, 4) is 17.0 Å². The fraction of sp³-hybridized carbons (Fsp3) is 0.0667. The number of benzene rings is 1. The van der Waals surface area contributed by atoms with E-state index in [0.717, 1.165) is 3.79 Å². The first-order valence-electron chi connectivity index (χ1n) is 6.43. The van der Waals surface area contributed by atoms with E-state index in [1.54, 1.807) is 23.6 Å². The van der Waals surface area contributed by atoms with Crippen LogP contribution >= 0.6 is 38.6 Å². The van der Waals surface area contributed by atoms with Crippen LogP contribution in [0.2, 0.25) is 0 Å². The highest BCUT2D eigenvalue weighted by Crippen LogP contribution is 2.29. The second kappa shape index (κ2) is 6.77. The number of thiophene rings is 1. The van der Waals surface area contributed by atoms with Gasteiger partial charge in [-0.3, -0.25) is 10.1 Å². The van der Waals surface area contributed by atoms with Crippen LogP contribution in [0.25, 0.3) is 11.3 Å². The molecule has 0 aliphatic heterocycles. The minimum absolute atomic E-state index is 0.181. The number of ether oxygens (including phenoxy) is 1. The molecule has 1 aromatic carbocycles. The van der Waals surface area contributed by atoms with Gasteiger partial charge in [0.2, 0.25) is 0 Å². The molecule has 0 saturated carbocycles. The Morgan fingerprint density at radius 3 is 2.83 bits per heavy atom. The summed E-state index contributed by atoms with van der Waals surface area (Å²) in [4.78, 5) is 17.0. The molecule has 0 aliphatic rings. The molecule has 8 heteroatoms. The van der Waals surface area contributed by atoms with Crippen molar-refractivity contribution in [2.24, 2.45) is 0 Å². The summed E-state index contributed by atoms with van der Waals surface area (Å²) in [5.74, 6) is -0.490. The average Bonchev–Trinajstić information content (AvgIpc) is 3.16. The topological polar surface area (TPSA) is 51.2 Å². The predicted octanol–water partition coefficient (Wildman–Crippen LogP) is 5.03. The number of hydrogen-bond acceptors (Lipinski definition) is 5. The van der Waals surface area contributed by atoms with Gasteiger partial charge in [-0.2, -0.15) is 0 Å². The van der Waals surface area contributed by atoms with Crippen molar-refractivity contribution in [2.75, 3.05) is 12.4 Å². The van der Waals surface area contributed by atoms with Gasteiger partial charge in [0.25, 0.3) is 5.91 Å². The van der Waals surface area contributed by atoms with Gasteiger partial charge < -0.3 is 4.74 Å². The Bertz CT molecular complexity index is 863. The van der Waals surface area contributed by atoms with Gasteiger partial charge in [-0.15, -0.1) is 22.7 Å². The molecule has 1 amide bonds. The van der Waals surface area contributed by atoms with Crippen LogP contribution in [0.15, 0.2) is 39.5 Å². The zero-order chi connectivity index (χ0) is 16.4. The van der Waals surface area contributed by atoms with E-state index in [0.29, 0.717) is 21.3 Å². The number of nitrogens with zero attached hydrogens (tertiary/aromatic N) is 1. The van der Waals surface area contributed by atoms with Crippen LogP contribution in [0.3, 0.4) is 0 Å². The molecule has 0 atom stereocenters. The first kappa shape index (κ1) is 16.1. The molecule has 0 spiro atoms. The van der Waals surface area contributed by atoms with E-state index in [1.807, 2.05) is 6.07 Å². The van der Waals surface area contributed by atoms with Crippen LogP contribution in [0.4, 0.5) is 9.52 Å². The largest absolute Gasteiger partial charge is 0.494 e. The molecule has 0 bridgehead atoms. The lowest BCUT2D eigenvalue weighted by atomic mass is 10.1. The molecular weight excluding hydrogens is 403 g/mol. The van der Waals surface area contributed by atoms with Crippen molar-refractivity contribution in [1.29, 1.82) is 0 Å². The third-order valence-corrected chi connectivity index (χ3v) is 5.35. The molecule has 4 nitrogen and oxygen atoms in total. The summed E-state index contributed by atoms with van der Waals surface area (Å²) < 4.78 is 19.5. The molecule has 0 aliphatic carbocycles. The van der Waals surface area contributed by atoms with Gasteiger partial charge in [0.15, 0.2) is 16.7 Å². The highest BCUT2D eigenvalue weighted by atomic mass is 79.9. The summed E-state index contributed by atoms with van der Waals surface area (Å²) in [6.45, 7) is 0. The van der Waals surface area contributed by atoms with E-state index >= 15 is 0 Å². The summed E-state index contributed by atoms with van der Waals surface area (Å²) >= 11 is 5.95. The number of carbonyl (C=O) groups excluding carboxylic acids is 1. The zero-order valence-corrected chi connectivity index (χ0v) is 15.0. The lowest BCUT2D eigenvalue weighted by molar-refractivity contribution is 0.103. The summed E-state index contributed by atoms with van der Waals surface area (Å²) in [6.07, 6.45) is 0. The van der Waals surface area contributed by atoms with Crippen LogP contribution < -0.4 is 10.1 Å². The normalized spacial score (nSPS) is 10.6. The SMILES string of the molecule is COc1ccc(-c2csc(NC(=O)c3ccc(Br)s3)n2)cc1F. The number of carbonyl (C=O) groups is 1. The molecule has 1 N–H and O–H groups in total. The Morgan fingerprint density at radius 1 is 1.35 bits per heavy atom. The van der Waals surface area contributed by atoms with Gasteiger partial charge in [-0.05, 0) is 46.3 Å². The van der Waals surface area contributed by atoms with Crippen LogP contribution in [0.1, 0.15) is 9.67 Å². The second-order valence-electron chi connectivity index (χ2n) is 4.45. The number of halogens is 2. The standard InChI is InChI=1S/C15H10BrFN2O2S2/c1-21-11-3-2-8(6-9(11)17)10-7-22-15(18-10)19-14(20)12-4-5-13(16)23-12/h2-7H,1H3,(H,18,19,20). The van der Waals surface area contributed by atoms with Gasteiger partial charge >= 0.3 is 0 Å². The van der Waals surface area contributed by atoms with E-state index in [4.69, 9.17) is 4.74 Å². The number of methoxy groups -OCH3 is 1. The van der Waals surface area contributed by atoms with Gasteiger partial charge in [0.1, 0.15) is 0 Å². The molecule has 0 saturated heterocycles. The molecule has 2 heterocycles. The minimum Gasteiger partial charge on any atom is -0.494 e. The minimum atomic E-state index is -0.452. The second-order valence-corrected chi connectivity index (χ2v) is 7.77. The van der Waals surface area contributed by atoms with E-state index in [2.05, 4.69) is 26.2 Å². The van der Waals surface area contributed by atoms with E-state index in [9.17, 15) is 9.18 Å². The number of rotatable bonds is 4. The van der Waals surface area contributed by atoms with Crippen LogP contribution in [0.5, 0.6) is 5.75 Å². The Kier molecular flexibility index (Phi) is 4.74. The quantitative estimate of drug-likeness (QED) is 0.653. The molecule has 0 radical (unpaired) electrons. The smallest absolute Gasteiger partial charge is 0.267 e. The van der Waals surface area contributed by atoms with E-state index in [1.165, 1.54) is 35.8 Å². The Morgan fingerprint density at radius 2 is 2.17 bits per heavy atom. The summed E-state index contributed by atoms with van der Waals surface area (Å²) in [5.41, 5.74) is 1.22. The van der Waals surface area contributed by atoms with Crippen molar-refractivity contribution in [3.63, 3.8) is 0 Å². The predicted molar refractivity (Wildman–Crippen MR) is 94.0 cm³/mol. The average molecular weight is 413 g/mol. The third kappa shape index (κ3) is 3.60. The maximum atomic E-state index is 13.8. The lowest BCUT2D eigenvalue weighted by Crippen LogP contribution is -2.09. The molecule has 0 fully saturated rings. The van der Waals surface area contributed by atoms with Crippen LogP contribution in [-0.2, 0) is 0 Å². The third-order valence-electron chi connectivity index (χ3n) is 2.97. The summed E-state index contributed by atoms with van der Waals surface area (Å²) in [7, 11) is 1.41. The van der Waals surface area contributed by atoms with Crippen molar-refractivity contribution < 1.29 is 13.9 Å². The van der Waals surface area contributed by atoms with Gasteiger partial charge in [0, 0.05) is 10.9 Å². The van der Waals surface area contributed by atoms with Crippen molar-refractivity contribution in [1.82, 2.24) is 4.98 Å². The van der Waals surface area contributed by atoms with E-state index < -0.39 is 5.82 Å². The highest BCUT2D eigenvalue weighted by molar-refractivity contribution is 9.11.